The second-order valence-corrected chi connectivity index (χ2v) is 12.1. The summed E-state index contributed by atoms with van der Waals surface area (Å²) in [5.74, 6) is 4.25. The average Bonchev–Trinajstić information content (AvgIpc) is 2.51. The molecule has 0 aromatic heterocycles. The Bertz CT molecular complexity index is 202. The van der Waals surface area contributed by atoms with Gasteiger partial charge in [0.05, 0.1) is 0 Å². The SMILES string of the molecule is CC1C2CC(C1C)C([Si](C)(C)C)C2. The Hall–Kier alpha value is 0.217. The fourth-order valence-electron chi connectivity index (χ4n) is 3.94. The van der Waals surface area contributed by atoms with Gasteiger partial charge in [-0.15, -0.1) is 0 Å². The second kappa shape index (κ2) is 2.85. The molecule has 0 saturated heterocycles. The largest absolute Gasteiger partial charge is 0.0693 e. The van der Waals surface area contributed by atoms with Crippen LogP contribution in [-0.2, 0) is 0 Å². The van der Waals surface area contributed by atoms with Gasteiger partial charge in [0.1, 0.15) is 0 Å². The van der Waals surface area contributed by atoms with Gasteiger partial charge in [-0.2, -0.15) is 0 Å². The molecule has 0 heterocycles. The van der Waals surface area contributed by atoms with E-state index in [1.165, 1.54) is 0 Å². The zero-order chi connectivity index (χ0) is 9.80. The van der Waals surface area contributed by atoms with Gasteiger partial charge in [0.2, 0.25) is 0 Å². The normalized spacial score (nSPS) is 50.1. The van der Waals surface area contributed by atoms with E-state index >= 15 is 0 Å². The van der Waals surface area contributed by atoms with Crippen LogP contribution in [0.15, 0.2) is 0 Å². The van der Waals surface area contributed by atoms with Crippen molar-refractivity contribution in [3.8, 4) is 0 Å². The summed E-state index contributed by atoms with van der Waals surface area (Å²) in [6.07, 6.45) is 3.14. The highest BCUT2D eigenvalue weighted by Gasteiger charge is 2.52. The molecule has 13 heavy (non-hydrogen) atoms. The molecule has 5 atom stereocenters. The predicted octanol–water partition coefficient (Wildman–Crippen LogP) is 4.01. The van der Waals surface area contributed by atoms with Gasteiger partial charge >= 0.3 is 0 Å². The van der Waals surface area contributed by atoms with Crippen LogP contribution in [-0.4, -0.2) is 8.07 Å². The van der Waals surface area contributed by atoms with Crippen molar-refractivity contribution in [3.63, 3.8) is 0 Å². The first-order valence-electron chi connectivity index (χ1n) is 5.91. The zero-order valence-electron chi connectivity index (χ0n) is 9.80. The molecule has 2 bridgehead atoms. The van der Waals surface area contributed by atoms with Crippen molar-refractivity contribution in [1.82, 2.24) is 0 Å². The van der Waals surface area contributed by atoms with Gasteiger partial charge in [-0.05, 0) is 42.1 Å². The molecule has 0 amide bonds. The standard InChI is InChI=1S/C12H24Si/c1-8-9(2)11-6-10(8)7-12(11)13(3,4)5/h8-12H,6-7H2,1-5H3. The molecule has 0 aliphatic heterocycles. The average molecular weight is 196 g/mol. The van der Waals surface area contributed by atoms with Crippen LogP contribution in [0.25, 0.3) is 0 Å². The first kappa shape index (κ1) is 9.76. The van der Waals surface area contributed by atoms with Gasteiger partial charge in [0.15, 0.2) is 0 Å². The number of hydrogen-bond acceptors (Lipinski definition) is 0. The van der Waals surface area contributed by atoms with E-state index in [1.54, 1.807) is 12.8 Å². The minimum atomic E-state index is -0.849. The van der Waals surface area contributed by atoms with Crippen LogP contribution in [0, 0.1) is 23.7 Å². The topological polar surface area (TPSA) is 0 Å². The van der Waals surface area contributed by atoms with Gasteiger partial charge in [0, 0.05) is 8.07 Å². The Balaban J connectivity index is 2.15. The van der Waals surface area contributed by atoms with Crippen molar-refractivity contribution in [2.45, 2.75) is 51.9 Å². The third-order valence-electron chi connectivity index (χ3n) is 5.01. The van der Waals surface area contributed by atoms with Crippen LogP contribution in [0.4, 0.5) is 0 Å². The summed E-state index contributed by atoms with van der Waals surface area (Å²) in [6, 6.07) is 0. The molecule has 0 nitrogen and oxygen atoms in total. The molecule has 0 aromatic rings. The lowest BCUT2D eigenvalue weighted by molar-refractivity contribution is 0.256. The third kappa shape index (κ3) is 1.40. The Morgan fingerprint density at radius 1 is 0.923 bits per heavy atom. The van der Waals surface area contributed by atoms with Gasteiger partial charge < -0.3 is 0 Å². The van der Waals surface area contributed by atoms with E-state index in [0.29, 0.717) is 0 Å². The molecule has 2 aliphatic carbocycles. The molecule has 5 unspecified atom stereocenters. The minimum Gasteiger partial charge on any atom is -0.0693 e. The van der Waals surface area contributed by atoms with Crippen molar-refractivity contribution >= 4 is 8.07 Å². The molecule has 1 heteroatoms. The van der Waals surface area contributed by atoms with Crippen LogP contribution in [0.5, 0.6) is 0 Å². The molecule has 2 rings (SSSR count). The Kier molecular flexibility index (Phi) is 2.14. The van der Waals surface area contributed by atoms with Crippen molar-refractivity contribution in [1.29, 1.82) is 0 Å². The van der Waals surface area contributed by atoms with Crippen LogP contribution in [0.2, 0.25) is 25.2 Å². The molecule has 0 aromatic carbocycles. The van der Waals surface area contributed by atoms with Crippen LogP contribution >= 0.6 is 0 Å². The number of hydrogen-bond donors (Lipinski definition) is 0. The van der Waals surface area contributed by atoms with Crippen molar-refractivity contribution in [2.75, 3.05) is 0 Å². The maximum absolute atomic E-state index is 2.57. The van der Waals surface area contributed by atoms with Crippen molar-refractivity contribution < 1.29 is 0 Å². The van der Waals surface area contributed by atoms with E-state index in [4.69, 9.17) is 0 Å². The Morgan fingerprint density at radius 3 is 1.92 bits per heavy atom. The molecule has 0 radical (unpaired) electrons. The van der Waals surface area contributed by atoms with Gasteiger partial charge in [-0.3, -0.25) is 0 Å². The van der Waals surface area contributed by atoms with Gasteiger partial charge in [-0.25, -0.2) is 0 Å². The highest BCUT2D eigenvalue weighted by molar-refractivity contribution is 6.77. The summed E-state index contributed by atoms with van der Waals surface area (Å²) in [7, 11) is -0.849. The lowest BCUT2D eigenvalue weighted by Gasteiger charge is -2.38. The molecule has 2 aliphatic rings. The van der Waals surface area contributed by atoms with E-state index < -0.39 is 8.07 Å². The quantitative estimate of drug-likeness (QED) is 0.556. The number of fused-ring (bicyclic) bond motifs is 2. The third-order valence-corrected chi connectivity index (χ3v) is 7.90. The fraction of sp³-hybridized carbons (Fsp3) is 1.00. The second-order valence-electron chi connectivity index (χ2n) is 6.59. The maximum atomic E-state index is 2.57. The number of rotatable bonds is 1. The smallest absolute Gasteiger partial charge is 0.0476 e. The van der Waals surface area contributed by atoms with E-state index in [1.807, 2.05) is 0 Å². The summed E-state index contributed by atoms with van der Waals surface area (Å²) in [5, 5.41) is 0. The highest BCUT2D eigenvalue weighted by Crippen LogP contribution is 2.60. The summed E-state index contributed by atoms with van der Waals surface area (Å²) in [6.45, 7) is 12.7. The molecule has 0 N–H and O–H groups in total. The predicted molar refractivity (Wildman–Crippen MR) is 61.6 cm³/mol. The van der Waals surface area contributed by atoms with Crippen LogP contribution in [0.3, 0.4) is 0 Å². The lowest BCUT2D eigenvalue weighted by Crippen LogP contribution is -2.36. The monoisotopic (exact) mass is 196 g/mol. The maximum Gasteiger partial charge on any atom is 0.0476 e. The lowest BCUT2D eigenvalue weighted by atomic mass is 9.81. The fourth-order valence-corrected chi connectivity index (χ4v) is 6.67. The van der Waals surface area contributed by atoms with Gasteiger partial charge in [0.25, 0.3) is 0 Å². The molecular formula is C12H24Si. The minimum absolute atomic E-state index is 0.849. The molecule has 0 spiro atoms. The molecule has 2 saturated carbocycles. The summed E-state index contributed by atoms with van der Waals surface area (Å²) < 4.78 is 0. The highest BCUT2D eigenvalue weighted by atomic mass is 28.3. The molecule has 76 valence electrons. The Morgan fingerprint density at radius 2 is 1.54 bits per heavy atom. The van der Waals surface area contributed by atoms with E-state index in [2.05, 4.69) is 33.5 Å². The van der Waals surface area contributed by atoms with Crippen LogP contribution < -0.4 is 0 Å². The summed E-state index contributed by atoms with van der Waals surface area (Å²) >= 11 is 0. The van der Waals surface area contributed by atoms with E-state index in [-0.39, 0.29) is 0 Å². The zero-order valence-corrected chi connectivity index (χ0v) is 10.8. The van der Waals surface area contributed by atoms with Crippen molar-refractivity contribution in [3.05, 3.63) is 0 Å². The van der Waals surface area contributed by atoms with Crippen molar-refractivity contribution in [2.24, 2.45) is 23.7 Å². The summed E-state index contributed by atoms with van der Waals surface area (Å²) in [4.78, 5) is 0. The molecule has 2 fully saturated rings. The van der Waals surface area contributed by atoms with E-state index in [0.717, 1.165) is 29.2 Å². The van der Waals surface area contributed by atoms with E-state index in [9.17, 15) is 0 Å². The first-order chi connectivity index (χ1) is 5.91. The first-order valence-corrected chi connectivity index (χ1v) is 9.49. The summed E-state index contributed by atoms with van der Waals surface area (Å²) in [5.41, 5.74) is 1.14. The van der Waals surface area contributed by atoms with Gasteiger partial charge in [-0.1, -0.05) is 33.5 Å². The molecular weight excluding hydrogens is 172 g/mol. The van der Waals surface area contributed by atoms with Crippen LogP contribution in [0.1, 0.15) is 26.7 Å². The Labute approximate surface area is 84.1 Å².